The Hall–Kier alpha value is -3.32. The van der Waals surface area contributed by atoms with Gasteiger partial charge in [-0.05, 0) is 37.3 Å². The van der Waals surface area contributed by atoms with Crippen LogP contribution in [0.25, 0.3) is 22.5 Å². The smallest absolute Gasteiger partial charge is 0.276 e. The summed E-state index contributed by atoms with van der Waals surface area (Å²) in [6, 6.07) is 14.9. The second-order valence-electron chi connectivity index (χ2n) is 5.43. The van der Waals surface area contributed by atoms with Gasteiger partial charge in [-0.2, -0.15) is 0 Å². The van der Waals surface area contributed by atoms with Crippen LogP contribution in [0.5, 0.6) is 0 Å². The summed E-state index contributed by atoms with van der Waals surface area (Å²) in [4.78, 5) is 20.1. The summed E-state index contributed by atoms with van der Waals surface area (Å²) in [7, 11) is 0. The van der Waals surface area contributed by atoms with Crippen molar-refractivity contribution < 1.29 is 9.18 Å². The number of hydrogen-bond donors (Lipinski definition) is 3. The van der Waals surface area contributed by atoms with E-state index in [0.717, 1.165) is 11.1 Å². The quantitative estimate of drug-likeness (QED) is 0.388. The first-order valence-corrected chi connectivity index (χ1v) is 7.55. The number of nitrogens with one attached hydrogen (secondary N) is 2. The third kappa shape index (κ3) is 3.96. The molecule has 0 aliphatic carbocycles. The number of aromatic nitrogens is 2. The fraction of sp³-hybridized carbons (Fsp3) is 0.0556. The van der Waals surface area contributed by atoms with Gasteiger partial charge in [0.2, 0.25) is 5.95 Å². The number of carbonyl (C=O) groups is 1. The molecule has 0 spiro atoms. The minimum atomic E-state index is -0.633. The molecule has 4 N–H and O–H groups in total. The summed E-state index contributed by atoms with van der Waals surface area (Å²) in [5.74, 6) is 4.85. The molecule has 3 aromatic rings. The summed E-state index contributed by atoms with van der Waals surface area (Å²) >= 11 is 0. The van der Waals surface area contributed by atoms with Gasteiger partial charge in [-0.3, -0.25) is 10.7 Å². The van der Waals surface area contributed by atoms with E-state index in [9.17, 15) is 9.18 Å². The van der Waals surface area contributed by atoms with E-state index in [-0.39, 0.29) is 11.8 Å². The van der Waals surface area contributed by atoms with Crippen LogP contribution in [-0.4, -0.2) is 16.0 Å². The van der Waals surface area contributed by atoms with Gasteiger partial charge in [-0.15, -0.1) is 0 Å². The zero-order chi connectivity index (χ0) is 17.8. The lowest BCUT2D eigenvalue weighted by molar-refractivity contribution is 0.252. The number of halogens is 1. The number of aryl methyl sites for hydroxylation is 1. The SMILES string of the molecule is Cc1ccc(-c2cc(-c3ccc(F)cc3)nc(NC(=O)NN)n2)cc1. The maximum absolute atomic E-state index is 13.2. The first-order valence-electron chi connectivity index (χ1n) is 7.55. The predicted molar refractivity (Wildman–Crippen MR) is 93.9 cm³/mol. The highest BCUT2D eigenvalue weighted by Gasteiger charge is 2.10. The van der Waals surface area contributed by atoms with E-state index in [1.54, 1.807) is 18.2 Å². The molecule has 1 aromatic heterocycles. The van der Waals surface area contributed by atoms with Crippen LogP contribution in [0.3, 0.4) is 0 Å². The van der Waals surface area contributed by atoms with E-state index < -0.39 is 6.03 Å². The van der Waals surface area contributed by atoms with Crippen molar-refractivity contribution in [1.82, 2.24) is 15.4 Å². The molecule has 6 nitrogen and oxygen atoms in total. The molecular weight excluding hydrogens is 321 g/mol. The average molecular weight is 337 g/mol. The van der Waals surface area contributed by atoms with Crippen molar-refractivity contribution in [2.75, 3.05) is 5.32 Å². The van der Waals surface area contributed by atoms with Gasteiger partial charge >= 0.3 is 6.03 Å². The molecular formula is C18H16FN5O. The summed E-state index contributed by atoms with van der Waals surface area (Å²) in [5, 5.41) is 2.46. The Balaban J connectivity index is 2.08. The number of hydrogen-bond acceptors (Lipinski definition) is 4. The monoisotopic (exact) mass is 337 g/mol. The molecule has 0 unspecified atom stereocenters. The molecule has 1 heterocycles. The van der Waals surface area contributed by atoms with E-state index in [0.29, 0.717) is 17.0 Å². The lowest BCUT2D eigenvalue weighted by atomic mass is 10.1. The van der Waals surface area contributed by atoms with E-state index in [1.807, 2.05) is 36.6 Å². The number of rotatable bonds is 3. The van der Waals surface area contributed by atoms with Crippen LogP contribution < -0.4 is 16.6 Å². The Morgan fingerprint density at radius 3 is 2.00 bits per heavy atom. The number of nitrogens with two attached hydrogens (primary N) is 1. The lowest BCUT2D eigenvalue weighted by Crippen LogP contribution is -2.34. The van der Waals surface area contributed by atoms with Crippen LogP contribution in [0.15, 0.2) is 54.6 Å². The number of anilines is 1. The van der Waals surface area contributed by atoms with Crippen LogP contribution >= 0.6 is 0 Å². The van der Waals surface area contributed by atoms with Crippen LogP contribution in [0.4, 0.5) is 15.1 Å². The summed E-state index contributed by atoms with van der Waals surface area (Å²) in [5.41, 5.74) is 5.84. The fourth-order valence-corrected chi connectivity index (χ4v) is 2.28. The molecule has 3 rings (SSSR count). The molecule has 2 aromatic carbocycles. The van der Waals surface area contributed by atoms with Gasteiger partial charge in [0, 0.05) is 11.1 Å². The zero-order valence-corrected chi connectivity index (χ0v) is 13.5. The Kier molecular flexibility index (Phi) is 4.67. The molecule has 126 valence electrons. The molecule has 7 heteroatoms. The first-order chi connectivity index (χ1) is 12.0. The summed E-state index contributed by atoms with van der Waals surface area (Å²) < 4.78 is 13.2. The molecule has 0 fully saturated rings. The minimum Gasteiger partial charge on any atom is -0.276 e. The van der Waals surface area contributed by atoms with Crippen molar-refractivity contribution in [3.8, 4) is 22.5 Å². The molecule has 25 heavy (non-hydrogen) atoms. The number of urea groups is 1. The van der Waals surface area contributed by atoms with E-state index in [1.165, 1.54) is 12.1 Å². The van der Waals surface area contributed by atoms with Crippen molar-refractivity contribution in [3.05, 3.63) is 66.0 Å². The Bertz CT molecular complexity index is 831. The number of benzene rings is 2. The van der Waals surface area contributed by atoms with Gasteiger partial charge < -0.3 is 0 Å². The molecule has 0 aliphatic rings. The lowest BCUT2D eigenvalue weighted by Gasteiger charge is -2.09. The number of nitrogens with zero attached hydrogens (tertiary/aromatic N) is 2. The molecule has 2 amide bonds. The van der Waals surface area contributed by atoms with Crippen LogP contribution in [0.1, 0.15) is 5.56 Å². The van der Waals surface area contributed by atoms with Crippen molar-refractivity contribution in [1.29, 1.82) is 0 Å². The Morgan fingerprint density at radius 1 is 0.960 bits per heavy atom. The van der Waals surface area contributed by atoms with Gasteiger partial charge in [0.25, 0.3) is 0 Å². The second kappa shape index (κ2) is 7.06. The Labute approximate surface area is 143 Å². The summed E-state index contributed by atoms with van der Waals surface area (Å²) in [6.07, 6.45) is 0. The zero-order valence-electron chi connectivity index (χ0n) is 13.5. The molecule has 0 radical (unpaired) electrons. The van der Waals surface area contributed by atoms with Gasteiger partial charge in [0.05, 0.1) is 11.4 Å². The van der Waals surface area contributed by atoms with Crippen LogP contribution in [0, 0.1) is 12.7 Å². The highest BCUT2D eigenvalue weighted by atomic mass is 19.1. The van der Waals surface area contributed by atoms with Crippen LogP contribution in [0.2, 0.25) is 0 Å². The standard InChI is InChI=1S/C18H16FN5O/c1-11-2-4-12(5-3-11)15-10-16(13-6-8-14(19)9-7-13)22-17(21-15)23-18(25)24-20/h2-10H,20H2,1H3,(H2,21,22,23,24,25). The molecule has 0 atom stereocenters. The van der Waals surface area contributed by atoms with E-state index in [4.69, 9.17) is 5.84 Å². The molecule has 0 aliphatic heterocycles. The Morgan fingerprint density at radius 2 is 1.48 bits per heavy atom. The maximum atomic E-state index is 13.2. The van der Waals surface area contributed by atoms with Crippen molar-refractivity contribution in [2.45, 2.75) is 6.92 Å². The maximum Gasteiger partial charge on any atom is 0.335 e. The van der Waals surface area contributed by atoms with Crippen molar-refractivity contribution >= 4 is 12.0 Å². The fourth-order valence-electron chi connectivity index (χ4n) is 2.28. The van der Waals surface area contributed by atoms with Gasteiger partial charge in [0.1, 0.15) is 5.82 Å². The topological polar surface area (TPSA) is 92.9 Å². The second-order valence-corrected chi connectivity index (χ2v) is 5.43. The van der Waals surface area contributed by atoms with Crippen molar-refractivity contribution in [2.24, 2.45) is 5.84 Å². The largest absolute Gasteiger partial charge is 0.335 e. The normalized spacial score (nSPS) is 10.4. The van der Waals surface area contributed by atoms with E-state index >= 15 is 0 Å². The van der Waals surface area contributed by atoms with E-state index in [2.05, 4.69) is 15.3 Å². The molecule has 0 saturated carbocycles. The third-order valence-electron chi connectivity index (χ3n) is 3.57. The van der Waals surface area contributed by atoms with Crippen LogP contribution in [-0.2, 0) is 0 Å². The molecule has 0 bridgehead atoms. The third-order valence-corrected chi connectivity index (χ3v) is 3.57. The predicted octanol–water partition coefficient (Wildman–Crippen LogP) is 3.25. The highest BCUT2D eigenvalue weighted by molar-refractivity contribution is 5.87. The number of amides is 2. The first kappa shape index (κ1) is 16.5. The van der Waals surface area contributed by atoms with Gasteiger partial charge in [0.15, 0.2) is 0 Å². The number of hydrazine groups is 1. The molecule has 0 saturated heterocycles. The van der Waals surface area contributed by atoms with Gasteiger partial charge in [-0.1, -0.05) is 29.8 Å². The number of carbonyl (C=O) groups excluding carboxylic acids is 1. The highest BCUT2D eigenvalue weighted by Crippen LogP contribution is 2.25. The summed E-state index contributed by atoms with van der Waals surface area (Å²) in [6.45, 7) is 1.99. The van der Waals surface area contributed by atoms with Gasteiger partial charge in [-0.25, -0.2) is 25.0 Å². The average Bonchev–Trinajstić information content (AvgIpc) is 2.62. The minimum absolute atomic E-state index is 0.0975. The van der Waals surface area contributed by atoms with Crippen molar-refractivity contribution in [3.63, 3.8) is 0 Å².